The van der Waals surface area contributed by atoms with Gasteiger partial charge >= 0.3 is 0 Å². The summed E-state index contributed by atoms with van der Waals surface area (Å²) in [4.78, 5) is 19.1. The number of benzene rings is 2. The van der Waals surface area contributed by atoms with Crippen molar-refractivity contribution >= 4 is 34.7 Å². The number of aromatic nitrogens is 1. The number of amides is 1. The van der Waals surface area contributed by atoms with E-state index in [1.807, 2.05) is 18.2 Å². The summed E-state index contributed by atoms with van der Waals surface area (Å²) in [5, 5.41) is 3.27. The molecule has 0 aliphatic carbocycles. The zero-order valence-electron chi connectivity index (χ0n) is 14.3. The van der Waals surface area contributed by atoms with Gasteiger partial charge in [-0.3, -0.25) is 4.79 Å². The topological polar surface area (TPSA) is 45.2 Å². The lowest BCUT2D eigenvalue weighted by Gasteiger charge is -2.24. The summed E-state index contributed by atoms with van der Waals surface area (Å²) in [5.74, 6) is 0.628. The molecule has 1 amide bonds. The lowest BCUT2D eigenvalue weighted by atomic mass is 10.1. The molecule has 3 aromatic rings. The number of fused-ring (bicyclic) bond motifs is 1. The number of halogens is 1. The monoisotopic (exact) mass is 363 g/mol. The van der Waals surface area contributed by atoms with Crippen molar-refractivity contribution in [3.05, 3.63) is 83.0 Å². The van der Waals surface area contributed by atoms with Crippen LogP contribution < -0.4 is 10.2 Å². The molecule has 1 aliphatic heterocycles. The van der Waals surface area contributed by atoms with Crippen molar-refractivity contribution in [1.82, 2.24) is 4.98 Å². The predicted octanol–water partition coefficient (Wildman–Crippen LogP) is 5.07. The maximum Gasteiger partial charge on any atom is 0.257 e. The quantitative estimate of drug-likeness (QED) is 0.706. The molecule has 26 heavy (non-hydrogen) atoms. The van der Waals surface area contributed by atoms with E-state index in [0.717, 1.165) is 12.2 Å². The van der Waals surface area contributed by atoms with Crippen molar-refractivity contribution in [3.8, 4) is 0 Å². The van der Waals surface area contributed by atoms with Gasteiger partial charge in [0, 0.05) is 11.7 Å². The van der Waals surface area contributed by atoms with Crippen molar-refractivity contribution in [2.45, 2.75) is 19.4 Å². The highest BCUT2D eigenvalue weighted by Gasteiger charge is 2.27. The predicted molar refractivity (Wildman–Crippen MR) is 105 cm³/mol. The molecule has 0 saturated carbocycles. The molecule has 1 N–H and O–H groups in total. The number of carbonyl (C=O) groups is 1. The summed E-state index contributed by atoms with van der Waals surface area (Å²) >= 11 is 6.08. The molecule has 0 saturated heterocycles. The van der Waals surface area contributed by atoms with Crippen LogP contribution in [0, 0.1) is 0 Å². The maximum atomic E-state index is 12.4. The molecular formula is C21H18ClN3O. The standard InChI is InChI=1S/C21H18ClN3O/c1-14-12-15-6-2-5-9-19(15)25(14)20-11-10-16(13-23-20)24-21(26)17-7-3-4-8-18(17)22/h2-11,13-14H,12H2,1H3,(H,24,26). The highest BCUT2D eigenvalue weighted by molar-refractivity contribution is 6.34. The molecule has 1 unspecified atom stereocenters. The first-order chi connectivity index (χ1) is 12.6. The van der Waals surface area contributed by atoms with Crippen molar-refractivity contribution in [2.24, 2.45) is 0 Å². The van der Waals surface area contributed by atoms with Crippen LogP contribution in [0.5, 0.6) is 0 Å². The molecule has 0 spiro atoms. The van der Waals surface area contributed by atoms with Gasteiger partial charge in [0.05, 0.1) is 22.5 Å². The van der Waals surface area contributed by atoms with Crippen LogP contribution in [0.3, 0.4) is 0 Å². The molecule has 1 atom stereocenters. The Bertz CT molecular complexity index is 955. The van der Waals surface area contributed by atoms with Gasteiger partial charge in [0.15, 0.2) is 0 Å². The van der Waals surface area contributed by atoms with Crippen LogP contribution in [0.2, 0.25) is 5.02 Å². The number of hydrogen-bond donors (Lipinski definition) is 1. The van der Waals surface area contributed by atoms with Gasteiger partial charge in [0.1, 0.15) is 5.82 Å². The summed E-state index contributed by atoms with van der Waals surface area (Å²) in [7, 11) is 0. The van der Waals surface area contributed by atoms with E-state index >= 15 is 0 Å². The van der Waals surface area contributed by atoms with E-state index < -0.39 is 0 Å². The van der Waals surface area contributed by atoms with E-state index in [2.05, 4.69) is 40.3 Å². The molecular weight excluding hydrogens is 346 g/mol. The number of pyridine rings is 1. The van der Waals surface area contributed by atoms with Crippen LogP contribution in [0.15, 0.2) is 66.9 Å². The van der Waals surface area contributed by atoms with Crippen LogP contribution in [0.4, 0.5) is 17.2 Å². The van der Waals surface area contributed by atoms with E-state index in [4.69, 9.17) is 11.6 Å². The van der Waals surface area contributed by atoms with Crippen molar-refractivity contribution in [1.29, 1.82) is 0 Å². The minimum atomic E-state index is -0.245. The third-order valence-electron chi connectivity index (χ3n) is 4.58. The molecule has 130 valence electrons. The largest absolute Gasteiger partial charge is 0.323 e. The molecule has 4 rings (SSSR count). The number of carbonyl (C=O) groups excluding carboxylic acids is 1. The molecule has 0 radical (unpaired) electrons. The fraction of sp³-hybridized carbons (Fsp3) is 0.143. The second-order valence-electron chi connectivity index (χ2n) is 6.39. The van der Waals surface area contributed by atoms with Crippen molar-refractivity contribution in [3.63, 3.8) is 0 Å². The molecule has 2 aromatic carbocycles. The normalized spacial score (nSPS) is 15.6. The third kappa shape index (κ3) is 3.04. The molecule has 4 nitrogen and oxygen atoms in total. The summed E-state index contributed by atoms with van der Waals surface area (Å²) in [5.41, 5.74) is 3.61. The second kappa shape index (κ2) is 6.81. The Morgan fingerprint density at radius 3 is 2.65 bits per heavy atom. The van der Waals surface area contributed by atoms with Gasteiger partial charge < -0.3 is 10.2 Å². The van der Waals surface area contributed by atoms with Crippen LogP contribution in [-0.4, -0.2) is 16.9 Å². The lowest BCUT2D eigenvalue weighted by Crippen LogP contribution is -2.24. The Balaban J connectivity index is 1.54. The molecule has 5 heteroatoms. The lowest BCUT2D eigenvalue weighted by molar-refractivity contribution is 0.102. The Morgan fingerprint density at radius 2 is 1.88 bits per heavy atom. The molecule has 2 heterocycles. The zero-order valence-corrected chi connectivity index (χ0v) is 15.1. The number of rotatable bonds is 3. The van der Waals surface area contributed by atoms with Crippen LogP contribution in [0.1, 0.15) is 22.8 Å². The molecule has 0 bridgehead atoms. The Kier molecular flexibility index (Phi) is 4.35. The van der Waals surface area contributed by atoms with E-state index in [1.54, 1.807) is 30.5 Å². The Labute approximate surface area is 157 Å². The fourth-order valence-corrected chi connectivity index (χ4v) is 3.58. The summed E-state index contributed by atoms with van der Waals surface area (Å²) < 4.78 is 0. The van der Waals surface area contributed by atoms with Crippen LogP contribution in [0.25, 0.3) is 0 Å². The first-order valence-corrected chi connectivity index (χ1v) is 8.90. The number of anilines is 3. The SMILES string of the molecule is CC1Cc2ccccc2N1c1ccc(NC(=O)c2ccccc2Cl)cn1. The average Bonchev–Trinajstić information content (AvgIpc) is 2.98. The second-order valence-corrected chi connectivity index (χ2v) is 6.80. The van der Waals surface area contributed by atoms with Crippen LogP contribution >= 0.6 is 11.6 Å². The molecule has 1 aliphatic rings. The summed E-state index contributed by atoms with van der Waals surface area (Å²) in [6.45, 7) is 2.19. The van der Waals surface area contributed by atoms with Gasteiger partial charge in [0.25, 0.3) is 5.91 Å². The highest BCUT2D eigenvalue weighted by Crippen LogP contribution is 2.37. The minimum absolute atomic E-state index is 0.245. The van der Waals surface area contributed by atoms with Gasteiger partial charge in [-0.1, -0.05) is 41.9 Å². The fourth-order valence-electron chi connectivity index (χ4n) is 3.36. The van der Waals surface area contributed by atoms with Gasteiger partial charge in [-0.2, -0.15) is 0 Å². The van der Waals surface area contributed by atoms with E-state index in [0.29, 0.717) is 22.3 Å². The number of nitrogens with one attached hydrogen (secondary N) is 1. The first kappa shape index (κ1) is 16.6. The maximum absolute atomic E-state index is 12.4. The minimum Gasteiger partial charge on any atom is -0.323 e. The highest BCUT2D eigenvalue weighted by atomic mass is 35.5. The summed E-state index contributed by atoms with van der Waals surface area (Å²) in [6.07, 6.45) is 2.68. The number of para-hydroxylation sites is 1. The van der Waals surface area contributed by atoms with E-state index in [1.165, 1.54) is 11.3 Å². The molecule has 0 fully saturated rings. The molecule has 1 aromatic heterocycles. The Morgan fingerprint density at radius 1 is 1.12 bits per heavy atom. The van der Waals surface area contributed by atoms with Crippen LogP contribution in [-0.2, 0) is 6.42 Å². The van der Waals surface area contributed by atoms with Gasteiger partial charge in [0.2, 0.25) is 0 Å². The first-order valence-electron chi connectivity index (χ1n) is 8.52. The van der Waals surface area contributed by atoms with Gasteiger partial charge in [-0.25, -0.2) is 4.98 Å². The smallest absolute Gasteiger partial charge is 0.257 e. The average molecular weight is 364 g/mol. The van der Waals surface area contributed by atoms with E-state index in [9.17, 15) is 4.79 Å². The summed E-state index contributed by atoms with van der Waals surface area (Å²) in [6, 6.07) is 19.5. The number of hydrogen-bond acceptors (Lipinski definition) is 3. The Hall–Kier alpha value is -2.85. The third-order valence-corrected chi connectivity index (χ3v) is 4.91. The zero-order chi connectivity index (χ0) is 18.1. The van der Waals surface area contributed by atoms with E-state index in [-0.39, 0.29) is 5.91 Å². The van der Waals surface area contributed by atoms with Gasteiger partial charge in [-0.15, -0.1) is 0 Å². The van der Waals surface area contributed by atoms with Gasteiger partial charge in [-0.05, 0) is 49.2 Å². The van der Waals surface area contributed by atoms with Crippen molar-refractivity contribution < 1.29 is 4.79 Å². The van der Waals surface area contributed by atoms with Crippen molar-refractivity contribution in [2.75, 3.05) is 10.2 Å². The number of nitrogens with zero attached hydrogens (tertiary/aromatic N) is 2.